The van der Waals surface area contributed by atoms with Crippen molar-refractivity contribution in [2.45, 2.75) is 0 Å². The second kappa shape index (κ2) is 22.8. The third-order valence-corrected chi connectivity index (χ3v) is 21.6. The number of hydrogen-bond donors (Lipinski definition) is 2. The second-order valence-corrected chi connectivity index (χ2v) is 26.8. The van der Waals surface area contributed by atoms with Gasteiger partial charge in [0.25, 0.3) is 0 Å². The van der Waals surface area contributed by atoms with Gasteiger partial charge in [-0.2, -0.15) is 0 Å². The predicted octanol–water partition coefficient (Wildman–Crippen LogP) is 22.3. The molecule has 20 rings (SSSR count). The zero-order valence-electron chi connectivity index (χ0n) is 50.5. The summed E-state index contributed by atoms with van der Waals surface area (Å²) >= 11 is 7.67. The highest BCUT2D eigenvalue weighted by atomic mass is 79.9. The molecule has 2 N–H and O–H groups in total. The van der Waals surface area contributed by atoms with E-state index in [0.717, 1.165) is 32.0 Å². The van der Waals surface area contributed by atoms with E-state index in [9.17, 15) is 10.0 Å². The van der Waals surface area contributed by atoms with Crippen LogP contribution < -0.4 is 5.46 Å². The van der Waals surface area contributed by atoms with Gasteiger partial charge in [0, 0.05) is 101 Å². The van der Waals surface area contributed by atoms with E-state index < -0.39 is 7.12 Å². The van der Waals surface area contributed by atoms with Crippen LogP contribution in [0.15, 0.2) is 320 Å². The Balaban J connectivity index is 0.000000113. The molecular formula is C84H54BBrN4O2S2. The first kappa shape index (κ1) is 56.0. The van der Waals surface area contributed by atoms with E-state index in [1.807, 2.05) is 77.3 Å². The van der Waals surface area contributed by atoms with E-state index in [0.29, 0.717) is 5.46 Å². The molecule has 6 aromatic heterocycles. The van der Waals surface area contributed by atoms with Crippen LogP contribution in [0.2, 0.25) is 0 Å². The second-order valence-electron chi connectivity index (χ2n) is 23.8. The number of rotatable bonds is 6. The van der Waals surface area contributed by atoms with E-state index in [-0.39, 0.29) is 0 Å². The first-order chi connectivity index (χ1) is 46.4. The maximum Gasteiger partial charge on any atom is 0.488 e. The van der Waals surface area contributed by atoms with Crippen LogP contribution in [0.3, 0.4) is 0 Å². The molecule has 0 aliphatic heterocycles. The molecule has 0 aliphatic rings. The van der Waals surface area contributed by atoms with Crippen LogP contribution in [-0.2, 0) is 0 Å². The Kier molecular flexibility index (Phi) is 13.6. The first-order valence-electron chi connectivity index (χ1n) is 31.5. The molecular weight excluding hydrogens is 1250 g/mol. The van der Waals surface area contributed by atoms with Crippen LogP contribution in [0, 0.1) is 0 Å². The van der Waals surface area contributed by atoms with Crippen LogP contribution >= 0.6 is 38.6 Å². The van der Waals surface area contributed by atoms with Gasteiger partial charge in [0.05, 0.1) is 53.5 Å². The van der Waals surface area contributed by atoms with Crippen molar-refractivity contribution in [2.75, 3.05) is 0 Å². The highest BCUT2D eigenvalue weighted by Crippen LogP contribution is 2.50. The molecule has 20 aromatic rings. The number of hydrogen-bond acceptors (Lipinski definition) is 4. The predicted molar refractivity (Wildman–Crippen MR) is 405 cm³/mol. The molecule has 0 unspecified atom stereocenters. The molecule has 0 amide bonds. The third-order valence-electron chi connectivity index (χ3n) is 18.6. The average Bonchev–Trinajstić information content (AvgIpc) is 1.56. The van der Waals surface area contributed by atoms with Crippen molar-refractivity contribution in [3.05, 3.63) is 320 Å². The van der Waals surface area contributed by atoms with Gasteiger partial charge in [-0.25, -0.2) is 0 Å². The molecule has 444 valence electrons. The van der Waals surface area contributed by atoms with Gasteiger partial charge in [0.1, 0.15) is 0 Å². The lowest BCUT2D eigenvalue weighted by Crippen LogP contribution is -2.29. The largest absolute Gasteiger partial charge is 0.488 e. The van der Waals surface area contributed by atoms with E-state index in [2.05, 4.69) is 289 Å². The Morgan fingerprint density at radius 2 is 0.628 bits per heavy atom. The number of aromatic nitrogens is 4. The summed E-state index contributed by atoms with van der Waals surface area (Å²) in [6.07, 6.45) is 0. The molecule has 0 spiro atoms. The van der Waals surface area contributed by atoms with E-state index in [4.69, 9.17) is 0 Å². The van der Waals surface area contributed by atoms with Crippen molar-refractivity contribution in [3.63, 3.8) is 0 Å². The number of thiophene rings is 2. The molecule has 0 radical (unpaired) electrons. The molecule has 0 fully saturated rings. The Morgan fingerprint density at radius 1 is 0.277 bits per heavy atom. The highest BCUT2D eigenvalue weighted by molar-refractivity contribution is 9.10. The fraction of sp³-hybridized carbons (Fsp3) is 0. The topological polar surface area (TPSA) is 60.2 Å². The monoisotopic (exact) mass is 1300 g/mol. The lowest BCUT2D eigenvalue weighted by atomic mass is 9.80. The Bertz CT molecular complexity index is 6350. The SMILES string of the molecule is Brc1cc2c3ccccc3sc2c2c1c1ccccc1n2-c1ccccc1.OB(O)c1ccc2c3ccccc3n(-c3ccccc3)c2c1.c1ccc(-n2c3ccccc3c3ccc(-c4cc5c6ccccc6sc5c5c4c4ccccc4n5-c4ccccc4)cc32)cc1. The van der Waals surface area contributed by atoms with Gasteiger partial charge in [-0.15, -0.1) is 22.7 Å². The summed E-state index contributed by atoms with van der Waals surface area (Å²) in [5, 5.41) is 34.1. The van der Waals surface area contributed by atoms with E-state index in [1.54, 1.807) is 6.07 Å². The van der Waals surface area contributed by atoms with E-state index >= 15 is 0 Å². The van der Waals surface area contributed by atoms with Gasteiger partial charge < -0.3 is 28.3 Å². The van der Waals surface area contributed by atoms with Gasteiger partial charge in [-0.3, -0.25) is 0 Å². The van der Waals surface area contributed by atoms with Gasteiger partial charge in [-0.05, 0) is 126 Å². The standard InChI is InChI=1S/C42H26N2S.C24H14BrNS.C18H14BNO2/c1-3-13-28(14-4-1)43-36-20-10-7-17-30(36)31-24-23-27(25-38(31)43)34-26-35-32-18-9-12-22-39(32)45-42(35)41-40(34)33-19-8-11-21-37(33)44(41)29-15-5-2-6-16-29;25-19-14-18-16-10-5-7-13-21(16)27-24(18)23-22(19)17-11-4-6-12-20(17)26(23)15-8-2-1-3-9-15;21-19(22)13-10-11-16-15-8-4-5-9-17(15)20(18(16)12-13)14-6-2-1-3-7-14/h1-26H;1-14H;1-12,21-22H. The van der Waals surface area contributed by atoms with Crippen LogP contribution in [0.1, 0.15) is 0 Å². The third kappa shape index (κ3) is 8.97. The van der Waals surface area contributed by atoms with E-state index in [1.165, 1.54) is 134 Å². The molecule has 0 atom stereocenters. The van der Waals surface area contributed by atoms with Gasteiger partial charge in [-0.1, -0.05) is 222 Å². The van der Waals surface area contributed by atoms with Gasteiger partial charge in [0.15, 0.2) is 0 Å². The Morgan fingerprint density at radius 3 is 1.11 bits per heavy atom. The van der Waals surface area contributed by atoms with Crippen LogP contribution in [0.25, 0.3) is 161 Å². The maximum atomic E-state index is 9.47. The zero-order chi connectivity index (χ0) is 62.5. The Hall–Kier alpha value is -10.8. The number of fused-ring (bicyclic) bond motifs is 20. The molecule has 94 heavy (non-hydrogen) atoms. The Labute approximate surface area is 556 Å². The molecule has 6 nitrogen and oxygen atoms in total. The number of halogens is 1. The summed E-state index contributed by atoms with van der Waals surface area (Å²) in [5.74, 6) is 0. The van der Waals surface area contributed by atoms with Crippen molar-refractivity contribution < 1.29 is 10.0 Å². The first-order valence-corrected chi connectivity index (χ1v) is 33.9. The van der Waals surface area contributed by atoms with Crippen molar-refractivity contribution in [2.24, 2.45) is 0 Å². The smallest absolute Gasteiger partial charge is 0.423 e. The molecule has 6 heterocycles. The highest BCUT2D eigenvalue weighted by Gasteiger charge is 2.25. The lowest BCUT2D eigenvalue weighted by molar-refractivity contribution is 0.426. The van der Waals surface area contributed by atoms with Crippen LogP contribution in [0.5, 0.6) is 0 Å². The van der Waals surface area contributed by atoms with Crippen molar-refractivity contribution in [3.8, 4) is 33.9 Å². The number of nitrogens with zero attached hydrogens (tertiary/aromatic N) is 4. The number of para-hydroxylation sites is 8. The molecule has 0 saturated heterocycles. The van der Waals surface area contributed by atoms with Gasteiger partial charge >= 0.3 is 7.12 Å². The minimum absolute atomic E-state index is 0.493. The summed E-state index contributed by atoms with van der Waals surface area (Å²) in [6, 6.07) is 112. The molecule has 10 heteroatoms. The normalized spacial score (nSPS) is 11.8. The summed E-state index contributed by atoms with van der Waals surface area (Å²) in [4.78, 5) is 0. The molecule has 0 aliphatic carbocycles. The fourth-order valence-electron chi connectivity index (χ4n) is 14.5. The minimum atomic E-state index is -1.47. The lowest BCUT2D eigenvalue weighted by Gasteiger charge is -2.12. The molecule has 14 aromatic carbocycles. The van der Waals surface area contributed by atoms with Crippen LogP contribution in [0.4, 0.5) is 0 Å². The summed E-state index contributed by atoms with van der Waals surface area (Å²) in [7, 11) is -1.47. The van der Waals surface area contributed by atoms with Crippen molar-refractivity contribution >= 4 is 179 Å². The summed E-state index contributed by atoms with van der Waals surface area (Å²) < 4.78 is 15.9. The number of benzene rings is 14. The zero-order valence-corrected chi connectivity index (χ0v) is 53.7. The van der Waals surface area contributed by atoms with Crippen molar-refractivity contribution in [1.29, 1.82) is 0 Å². The summed E-state index contributed by atoms with van der Waals surface area (Å²) in [5.41, 5.74) is 17.1. The fourth-order valence-corrected chi connectivity index (χ4v) is 17.6. The minimum Gasteiger partial charge on any atom is -0.423 e. The van der Waals surface area contributed by atoms with Crippen LogP contribution in [-0.4, -0.2) is 35.4 Å². The average molecular weight is 1310 g/mol. The maximum absolute atomic E-state index is 9.47. The molecule has 0 bridgehead atoms. The quantitative estimate of drug-likeness (QED) is 0.163. The van der Waals surface area contributed by atoms with Crippen molar-refractivity contribution in [1.82, 2.24) is 18.3 Å². The summed E-state index contributed by atoms with van der Waals surface area (Å²) in [6.45, 7) is 0. The van der Waals surface area contributed by atoms with Gasteiger partial charge in [0.2, 0.25) is 0 Å². The molecule has 0 saturated carbocycles.